The van der Waals surface area contributed by atoms with Gasteiger partial charge in [0, 0.05) is 79.6 Å². The number of fused-ring (bicyclic) bond motifs is 1. The summed E-state index contributed by atoms with van der Waals surface area (Å²) in [5.41, 5.74) is 3.73. The smallest absolute Gasteiger partial charge is 0.262 e. The monoisotopic (exact) mass is 856 g/mol. The molecule has 2 N–H and O–H groups in total. The maximum absolute atomic E-state index is 13.6. The van der Waals surface area contributed by atoms with Gasteiger partial charge < -0.3 is 24.4 Å². The molecule has 5 amide bonds. The highest BCUT2D eigenvalue weighted by atomic mass is 16.5. The number of hydrogen-bond acceptors (Lipinski definition) is 11. The number of carbonyl (C=O) groups excluding carboxylic acids is 5. The lowest BCUT2D eigenvalue weighted by atomic mass is 9.49. The maximum Gasteiger partial charge on any atom is 0.262 e. The van der Waals surface area contributed by atoms with E-state index >= 15 is 0 Å². The van der Waals surface area contributed by atoms with Gasteiger partial charge in [-0.1, -0.05) is 27.7 Å². The molecule has 5 fully saturated rings. The van der Waals surface area contributed by atoms with Crippen LogP contribution in [0.3, 0.4) is 0 Å². The summed E-state index contributed by atoms with van der Waals surface area (Å²) >= 11 is 0. The fraction of sp³-hybridized carbons (Fsp3) is 0.510. The third kappa shape index (κ3) is 7.52. The van der Waals surface area contributed by atoms with Gasteiger partial charge in [0.05, 0.1) is 35.0 Å². The Morgan fingerprint density at radius 1 is 0.857 bits per heavy atom. The molecule has 14 heteroatoms. The van der Waals surface area contributed by atoms with Crippen LogP contribution in [0.1, 0.15) is 114 Å². The third-order valence-corrected chi connectivity index (χ3v) is 14.7. The molecule has 0 bridgehead atoms. The van der Waals surface area contributed by atoms with Gasteiger partial charge >= 0.3 is 0 Å². The number of nitrogens with one attached hydrogen (secondary N) is 2. The molecule has 1 unspecified atom stereocenters. The number of nitrogens with zero attached hydrogens (tertiary/aromatic N) is 4. The summed E-state index contributed by atoms with van der Waals surface area (Å²) in [5.74, 6) is -0.967. The van der Waals surface area contributed by atoms with Crippen molar-refractivity contribution in [2.75, 3.05) is 37.7 Å². The zero-order valence-corrected chi connectivity index (χ0v) is 36.9. The van der Waals surface area contributed by atoms with Crippen molar-refractivity contribution in [3.05, 3.63) is 88.0 Å². The van der Waals surface area contributed by atoms with E-state index in [1.807, 2.05) is 50.2 Å². The van der Waals surface area contributed by atoms with Gasteiger partial charge in [0.15, 0.2) is 0 Å². The molecule has 1 atom stereocenters. The predicted octanol–water partition coefficient (Wildman–Crippen LogP) is 5.47. The van der Waals surface area contributed by atoms with E-state index in [-0.39, 0.29) is 64.6 Å². The highest BCUT2D eigenvalue weighted by Gasteiger charge is 2.64. The number of ether oxygens (including phenoxy) is 3. The topological polar surface area (TPSA) is 171 Å². The Kier molecular flexibility index (Phi) is 10.7. The van der Waals surface area contributed by atoms with Crippen LogP contribution in [0.4, 0.5) is 5.69 Å². The minimum Gasteiger partial charge on any atom is -0.490 e. The van der Waals surface area contributed by atoms with Crippen LogP contribution in [-0.2, 0) is 14.3 Å². The van der Waals surface area contributed by atoms with Crippen LogP contribution in [0.15, 0.2) is 54.6 Å². The van der Waals surface area contributed by atoms with Crippen molar-refractivity contribution < 1.29 is 38.2 Å². The van der Waals surface area contributed by atoms with Crippen LogP contribution in [0.25, 0.3) is 0 Å². The van der Waals surface area contributed by atoms with Crippen molar-refractivity contribution in [2.24, 2.45) is 10.8 Å². The van der Waals surface area contributed by atoms with Crippen LogP contribution >= 0.6 is 0 Å². The lowest BCUT2D eigenvalue weighted by Gasteiger charge is -2.63. The molecular weight excluding hydrogens is 801 g/mol. The van der Waals surface area contributed by atoms with Crippen molar-refractivity contribution in [3.8, 4) is 17.6 Å². The van der Waals surface area contributed by atoms with Gasteiger partial charge in [-0.15, -0.1) is 0 Å². The van der Waals surface area contributed by atoms with E-state index in [1.165, 1.54) is 0 Å². The molecule has 4 heterocycles. The van der Waals surface area contributed by atoms with Gasteiger partial charge in [0.1, 0.15) is 29.7 Å². The molecule has 3 aromatic carbocycles. The molecule has 63 heavy (non-hydrogen) atoms. The van der Waals surface area contributed by atoms with Gasteiger partial charge in [-0.2, -0.15) is 5.26 Å². The molecule has 0 aromatic heterocycles. The second kappa shape index (κ2) is 15.8. The number of rotatable bonds is 9. The quantitative estimate of drug-likeness (QED) is 0.262. The fourth-order valence-corrected chi connectivity index (χ4v) is 11.5. The van der Waals surface area contributed by atoms with Gasteiger partial charge in [-0.05, 0) is 98.8 Å². The summed E-state index contributed by atoms with van der Waals surface area (Å²) in [6.07, 6.45) is 3.50. The lowest BCUT2D eigenvalue weighted by molar-refractivity contribution is -0.164. The van der Waals surface area contributed by atoms with E-state index in [9.17, 15) is 29.2 Å². The highest BCUT2D eigenvalue weighted by molar-refractivity contribution is 6.23. The Balaban J connectivity index is 0.745. The molecule has 2 aliphatic carbocycles. The van der Waals surface area contributed by atoms with E-state index in [2.05, 4.69) is 54.2 Å². The third-order valence-electron chi connectivity index (χ3n) is 14.7. The molecule has 330 valence electrons. The van der Waals surface area contributed by atoms with Crippen molar-refractivity contribution in [2.45, 2.75) is 116 Å². The van der Waals surface area contributed by atoms with Crippen LogP contribution in [-0.4, -0.2) is 108 Å². The normalized spacial score (nSPS) is 27.2. The zero-order valence-electron chi connectivity index (χ0n) is 36.9. The molecule has 6 aliphatic rings. The number of morpholine rings is 1. The highest BCUT2D eigenvalue weighted by Crippen LogP contribution is 2.55. The van der Waals surface area contributed by atoms with Crippen LogP contribution in [0.2, 0.25) is 0 Å². The van der Waals surface area contributed by atoms with Gasteiger partial charge in [0.2, 0.25) is 11.8 Å². The Bertz CT molecular complexity index is 2390. The largest absolute Gasteiger partial charge is 0.490 e. The molecule has 0 radical (unpaired) electrons. The summed E-state index contributed by atoms with van der Waals surface area (Å²) in [5, 5.41) is 15.0. The fourth-order valence-electron chi connectivity index (χ4n) is 11.5. The van der Waals surface area contributed by atoms with Crippen LogP contribution in [0.5, 0.6) is 11.5 Å². The van der Waals surface area contributed by atoms with E-state index < -0.39 is 29.7 Å². The molecule has 1 spiro atoms. The average molecular weight is 857 g/mol. The summed E-state index contributed by atoms with van der Waals surface area (Å²) in [4.78, 5) is 70.0. The number of carbonyl (C=O) groups is 5. The van der Waals surface area contributed by atoms with Gasteiger partial charge in [0.25, 0.3) is 17.7 Å². The van der Waals surface area contributed by atoms with Crippen molar-refractivity contribution in [3.63, 3.8) is 0 Å². The van der Waals surface area contributed by atoms with E-state index in [4.69, 9.17) is 14.2 Å². The van der Waals surface area contributed by atoms with E-state index in [0.29, 0.717) is 29.5 Å². The molecular formula is C49H56N6O8. The second-order valence-electron chi connectivity index (χ2n) is 19.6. The summed E-state index contributed by atoms with van der Waals surface area (Å²) in [6.45, 7) is 16.5. The Morgan fingerprint density at radius 3 is 2.17 bits per heavy atom. The lowest BCUT2D eigenvalue weighted by Crippen LogP contribution is -2.74. The minimum atomic E-state index is -1.00. The number of amides is 5. The van der Waals surface area contributed by atoms with Crippen molar-refractivity contribution in [1.82, 2.24) is 20.4 Å². The number of nitriles is 1. The first-order valence-corrected chi connectivity index (χ1v) is 22.2. The number of imide groups is 2. The zero-order chi connectivity index (χ0) is 44.6. The number of anilines is 1. The Morgan fingerprint density at radius 2 is 1.52 bits per heavy atom. The first-order valence-electron chi connectivity index (χ1n) is 22.2. The maximum atomic E-state index is 13.6. The summed E-state index contributed by atoms with van der Waals surface area (Å²) in [6, 6.07) is 18.1. The number of benzene rings is 3. The first-order chi connectivity index (χ1) is 30.0. The molecule has 3 aromatic rings. The molecule has 14 nitrogen and oxygen atoms in total. The Hall–Kier alpha value is -5.78. The minimum absolute atomic E-state index is 0.0244. The molecule has 3 saturated heterocycles. The Labute approximate surface area is 368 Å². The second-order valence-corrected chi connectivity index (χ2v) is 19.6. The SMILES string of the molecule is Cc1cc(OC2C(C)(C)C(NC(=O)c3ccc(N4CCC5(CC4)CN(C4CC(Oc6ccc7c(c6)C(=O)N(C6CCC(=O)NC6=O)C7=O)C4)CCO5)cc3)C2(C)C)cc(C)c1C#N. The number of hydrogen-bond donors (Lipinski definition) is 2. The summed E-state index contributed by atoms with van der Waals surface area (Å²) in [7, 11) is 0. The van der Waals surface area contributed by atoms with E-state index in [0.717, 1.165) is 79.3 Å². The van der Waals surface area contributed by atoms with E-state index in [1.54, 1.807) is 18.2 Å². The molecule has 2 saturated carbocycles. The van der Waals surface area contributed by atoms with Crippen LogP contribution < -0.4 is 25.0 Å². The van der Waals surface area contributed by atoms with Crippen LogP contribution in [0, 0.1) is 36.0 Å². The average Bonchev–Trinajstić information content (AvgIpc) is 3.47. The van der Waals surface area contributed by atoms with Crippen molar-refractivity contribution >= 4 is 35.2 Å². The predicted molar refractivity (Wildman–Crippen MR) is 233 cm³/mol. The molecule has 9 rings (SSSR count). The number of piperidine rings is 2. The van der Waals surface area contributed by atoms with Gasteiger partial charge in [-0.25, -0.2) is 0 Å². The van der Waals surface area contributed by atoms with Crippen molar-refractivity contribution in [1.29, 1.82) is 5.26 Å². The number of aryl methyl sites for hydroxylation is 2. The molecule has 4 aliphatic heterocycles. The first kappa shape index (κ1) is 42.5. The summed E-state index contributed by atoms with van der Waals surface area (Å²) < 4.78 is 19.4. The van der Waals surface area contributed by atoms with Gasteiger partial charge in [-0.3, -0.25) is 39.1 Å². The standard InChI is InChI=1S/C49H56N6O8/c1-28-21-34(22-29(2)38(28)26-50)63-46-47(3,4)45(48(46,5)6)52-41(57)30-7-9-31(10-8-30)53-17-15-49(16-18-53)27-54(19-20-61-49)32-23-35(24-32)62-33-11-12-36-37(25-33)44(60)55(43(36)59)39-13-14-40(56)51-42(39)58/h7-12,21-22,25,32,35,39,45-46H,13-20,23-24,27H2,1-6H3,(H,52,57)(H,51,56,58).